The van der Waals surface area contributed by atoms with Gasteiger partial charge in [0.05, 0.1) is 18.4 Å². The van der Waals surface area contributed by atoms with E-state index >= 15 is 0 Å². The minimum absolute atomic E-state index is 0.0147. The average molecular weight is 345 g/mol. The smallest absolute Gasteiger partial charge is 0.253 e. The molecule has 0 bridgehead atoms. The fourth-order valence-electron chi connectivity index (χ4n) is 3.14. The molecular formula is C21H19N3O2. The van der Waals surface area contributed by atoms with Gasteiger partial charge in [-0.2, -0.15) is 0 Å². The van der Waals surface area contributed by atoms with Gasteiger partial charge in [-0.3, -0.25) is 9.78 Å². The molecule has 2 aromatic heterocycles. The summed E-state index contributed by atoms with van der Waals surface area (Å²) >= 11 is 0. The van der Waals surface area contributed by atoms with Gasteiger partial charge < -0.3 is 15.0 Å². The van der Waals surface area contributed by atoms with Gasteiger partial charge >= 0.3 is 0 Å². The maximum absolute atomic E-state index is 12.0. The number of carbonyl (C=O) groups is 1. The summed E-state index contributed by atoms with van der Waals surface area (Å²) in [7, 11) is 1.66. The number of nitrogens with one attached hydrogen (secondary N) is 2. The second-order valence-corrected chi connectivity index (χ2v) is 6.13. The van der Waals surface area contributed by atoms with Gasteiger partial charge in [0.25, 0.3) is 5.91 Å². The SMILES string of the molecule is COc1ccccc1C=Cc1cc(-c2cc3c([nH]2)CCNC3=O)ccn1. The Hall–Kier alpha value is -3.34. The molecule has 1 aliphatic heterocycles. The Labute approximate surface area is 151 Å². The number of methoxy groups -OCH3 is 1. The topological polar surface area (TPSA) is 67.0 Å². The molecule has 0 unspecified atom stereocenters. The zero-order valence-electron chi connectivity index (χ0n) is 14.5. The number of benzene rings is 1. The quantitative estimate of drug-likeness (QED) is 0.760. The van der Waals surface area contributed by atoms with Crippen molar-refractivity contribution in [2.24, 2.45) is 0 Å². The number of nitrogens with zero attached hydrogens (tertiary/aromatic N) is 1. The minimum Gasteiger partial charge on any atom is -0.496 e. The van der Waals surface area contributed by atoms with Crippen LogP contribution >= 0.6 is 0 Å². The van der Waals surface area contributed by atoms with Crippen LogP contribution in [0, 0.1) is 0 Å². The van der Waals surface area contributed by atoms with E-state index in [4.69, 9.17) is 4.74 Å². The van der Waals surface area contributed by atoms with Gasteiger partial charge in [0.15, 0.2) is 0 Å². The number of pyridine rings is 1. The van der Waals surface area contributed by atoms with Gasteiger partial charge in [0, 0.05) is 41.7 Å². The highest BCUT2D eigenvalue weighted by atomic mass is 16.5. The number of ether oxygens (including phenoxy) is 1. The van der Waals surface area contributed by atoms with Crippen molar-refractivity contribution in [1.29, 1.82) is 0 Å². The molecule has 1 aromatic carbocycles. The lowest BCUT2D eigenvalue weighted by molar-refractivity contribution is 0.0946. The molecule has 5 heteroatoms. The van der Waals surface area contributed by atoms with E-state index in [1.54, 1.807) is 13.3 Å². The van der Waals surface area contributed by atoms with E-state index in [1.807, 2.05) is 54.6 Å². The Morgan fingerprint density at radius 3 is 2.88 bits per heavy atom. The first-order valence-electron chi connectivity index (χ1n) is 8.52. The molecule has 0 fully saturated rings. The predicted molar refractivity (Wildman–Crippen MR) is 102 cm³/mol. The van der Waals surface area contributed by atoms with Crippen molar-refractivity contribution in [3.05, 3.63) is 71.2 Å². The number of aromatic amines is 1. The number of fused-ring (bicyclic) bond motifs is 1. The number of carbonyl (C=O) groups excluding carboxylic acids is 1. The van der Waals surface area contributed by atoms with Crippen molar-refractivity contribution < 1.29 is 9.53 Å². The van der Waals surface area contributed by atoms with E-state index in [9.17, 15) is 4.79 Å². The van der Waals surface area contributed by atoms with Crippen LogP contribution in [0.1, 0.15) is 27.3 Å². The molecule has 5 nitrogen and oxygen atoms in total. The third-order valence-corrected chi connectivity index (χ3v) is 4.47. The van der Waals surface area contributed by atoms with Crippen molar-refractivity contribution >= 4 is 18.1 Å². The summed E-state index contributed by atoms with van der Waals surface area (Å²) in [6.45, 7) is 0.676. The highest BCUT2D eigenvalue weighted by molar-refractivity contribution is 5.97. The third kappa shape index (κ3) is 3.11. The van der Waals surface area contributed by atoms with Gasteiger partial charge in [-0.05, 0) is 36.4 Å². The summed E-state index contributed by atoms with van der Waals surface area (Å²) in [6.07, 6.45) is 6.54. The molecule has 0 aliphatic carbocycles. The number of aromatic nitrogens is 2. The fourth-order valence-corrected chi connectivity index (χ4v) is 3.14. The molecule has 2 N–H and O–H groups in total. The number of rotatable bonds is 4. The Balaban J connectivity index is 1.63. The number of para-hydroxylation sites is 1. The molecule has 0 atom stereocenters. The lowest BCUT2D eigenvalue weighted by Gasteiger charge is -2.10. The molecule has 0 saturated heterocycles. The van der Waals surface area contributed by atoms with E-state index < -0.39 is 0 Å². The van der Waals surface area contributed by atoms with E-state index in [1.165, 1.54) is 0 Å². The van der Waals surface area contributed by atoms with Gasteiger partial charge in [-0.1, -0.05) is 18.2 Å². The summed E-state index contributed by atoms with van der Waals surface area (Å²) in [6, 6.07) is 13.7. The molecule has 130 valence electrons. The van der Waals surface area contributed by atoms with Crippen molar-refractivity contribution in [2.75, 3.05) is 13.7 Å². The second-order valence-electron chi connectivity index (χ2n) is 6.13. The molecular weight excluding hydrogens is 326 g/mol. The highest BCUT2D eigenvalue weighted by Crippen LogP contribution is 2.25. The van der Waals surface area contributed by atoms with Gasteiger partial charge in [-0.25, -0.2) is 0 Å². The number of hydrogen-bond acceptors (Lipinski definition) is 3. The normalized spacial score (nSPS) is 13.5. The van der Waals surface area contributed by atoms with E-state index in [0.717, 1.165) is 45.9 Å². The zero-order valence-corrected chi connectivity index (χ0v) is 14.5. The number of H-pyrrole nitrogens is 1. The summed E-state index contributed by atoms with van der Waals surface area (Å²) < 4.78 is 5.37. The van der Waals surface area contributed by atoms with E-state index in [2.05, 4.69) is 15.3 Å². The van der Waals surface area contributed by atoms with Crippen LogP contribution in [0.5, 0.6) is 5.75 Å². The molecule has 1 amide bonds. The molecule has 0 saturated carbocycles. The van der Waals surface area contributed by atoms with Gasteiger partial charge in [0.2, 0.25) is 0 Å². The monoisotopic (exact) mass is 345 g/mol. The van der Waals surface area contributed by atoms with Crippen LogP contribution in [0.4, 0.5) is 0 Å². The van der Waals surface area contributed by atoms with E-state index in [-0.39, 0.29) is 5.91 Å². The summed E-state index contributed by atoms with van der Waals surface area (Å²) in [5.74, 6) is 0.807. The van der Waals surface area contributed by atoms with Crippen molar-refractivity contribution in [3.8, 4) is 17.0 Å². The molecule has 3 aromatic rings. The molecule has 26 heavy (non-hydrogen) atoms. The Bertz CT molecular complexity index is 988. The summed E-state index contributed by atoms with van der Waals surface area (Å²) in [5, 5.41) is 2.87. The predicted octanol–water partition coefficient (Wildman–Crippen LogP) is 3.54. The maximum Gasteiger partial charge on any atom is 0.253 e. The van der Waals surface area contributed by atoms with Crippen LogP contribution in [0.2, 0.25) is 0 Å². The maximum atomic E-state index is 12.0. The first-order valence-corrected chi connectivity index (χ1v) is 8.52. The highest BCUT2D eigenvalue weighted by Gasteiger charge is 2.19. The zero-order chi connectivity index (χ0) is 17.9. The van der Waals surface area contributed by atoms with Crippen LogP contribution in [0.15, 0.2) is 48.7 Å². The Kier molecular flexibility index (Phi) is 4.27. The molecule has 1 aliphatic rings. The molecule has 3 heterocycles. The number of hydrogen-bond donors (Lipinski definition) is 2. The largest absolute Gasteiger partial charge is 0.496 e. The lowest BCUT2D eigenvalue weighted by atomic mass is 10.1. The lowest BCUT2D eigenvalue weighted by Crippen LogP contribution is -2.31. The van der Waals surface area contributed by atoms with Gasteiger partial charge in [-0.15, -0.1) is 0 Å². The number of amides is 1. The first-order chi connectivity index (χ1) is 12.7. The summed E-state index contributed by atoms with van der Waals surface area (Å²) in [5.41, 5.74) is 5.49. The third-order valence-electron chi connectivity index (χ3n) is 4.47. The summed E-state index contributed by atoms with van der Waals surface area (Å²) in [4.78, 5) is 19.7. The molecule has 0 spiro atoms. The van der Waals surface area contributed by atoms with Gasteiger partial charge in [0.1, 0.15) is 5.75 Å². The van der Waals surface area contributed by atoms with Crippen LogP contribution in [-0.4, -0.2) is 29.5 Å². The van der Waals surface area contributed by atoms with Crippen LogP contribution in [0.3, 0.4) is 0 Å². The molecule has 0 radical (unpaired) electrons. The second kappa shape index (κ2) is 6.88. The average Bonchev–Trinajstić information content (AvgIpc) is 3.13. The van der Waals surface area contributed by atoms with E-state index in [0.29, 0.717) is 6.54 Å². The van der Waals surface area contributed by atoms with Crippen molar-refractivity contribution in [2.45, 2.75) is 6.42 Å². The van der Waals surface area contributed by atoms with Crippen LogP contribution in [-0.2, 0) is 6.42 Å². The van der Waals surface area contributed by atoms with Crippen molar-refractivity contribution in [3.63, 3.8) is 0 Å². The standard InChI is InChI=1S/C21H19N3O2/c1-26-20-5-3-2-4-14(20)6-7-16-12-15(8-10-22-16)19-13-17-18(24-19)9-11-23-21(17)25/h2-8,10,12-13,24H,9,11H2,1H3,(H,23,25). The minimum atomic E-state index is -0.0147. The fraction of sp³-hybridized carbons (Fsp3) is 0.143. The van der Waals surface area contributed by atoms with Crippen molar-refractivity contribution in [1.82, 2.24) is 15.3 Å². The van der Waals surface area contributed by atoms with Crippen LogP contribution < -0.4 is 10.1 Å². The molecule has 4 rings (SSSR count). The Morgan fingerprint density at radius 1 is 1.15 bits per heavy atom. The first kappa shape index (κ1) is 16.1. The Morgan fingerprint density at radius 2 is 2.04 bits per heavy atom. The van der Waals surface area contributed by atoms with Crippen LogP contribution in [0.25, 0.3) is 23.4 Å².